The summed E-state index contributed by atoms with van der Waals surface area (Å²) in [5.74, 6) is 2.52. The number of nitrogens with one attached hydrogen (secondary N) is 1. The molecule has 1 N–H and O–H groups in total. The first kappa shape index (κ1) is 18.1. The average Bonchev–Trinajstić information content (AvgIpc) is 3.23. The molecule has 1 aliphatic rings. The Balaban J connectivity index is 1.39. The Morgan fingerprint density at radius 3 is 2.88 bits per heavy atom. The number of piperidine rings is 1. The number of likely N-dealkylation sites (tertiary alicyclic amines) is 1. The van der Waals surface area contributed by atoms with Crippen molar-refractivity contribution < 1.29 is 9.21 Å². The third kappa shape index (κ3) is 5.16. The van der Waals surface area contributed by atoms with E-state index in [-0.39, 0.29) is 5.91 Å². The van der Waals surface area contributed by atoms with Gasteiger partial charge in [-0.25, -0.2) is 4.98 Å². The molecule has 0 saturated carbocycles. The van der Waals surface area contributed by atoms with Gasteiger partial charge in [-0.3, -0.25) is 9.69 Å². The van der Waals surface area contributed by atoms with Crippen LogP contribution < -0.4 is 5.32 Å². The van der Waals surface area contributed by atoms with Gasteiger partial charge in [-0.2, -0.15) is 0 Å². The topological polar surface area (TPSA) is 58.4 Å². The highest BCUT2D eigenvalue weighted by Crippen LogP contribution is 2.19. The number of carbonyl (C=O) groups is 1. The molecule has 2 aromatic heterocycles. The van der Waals surface area contributed by atoms with Gasteiger partial charge in [-0.1, -0.05) is 6.92 Å². The van der Waals surface area contributed by atoms with Crippen LogP contribution in [-0.2, 0) is 13.0 Å². The molecule has 3 rings (SSSR count). The van der Waals surface area contributed by atoms with E-state index in [2.05, 4.69) is 28.2 Å². The first-order chi connectivity index (χ1) is 12.1. The molecule has 136 valence electrons. The molecular formula is C19H27N3O2S. The second-order valence-electron chi connectivity index (χ2n) is 6.82. The number of hydrogen-bond acceptors (Lipinski definition) is 5. The second kappa shape index (κ2) is 8.63. The lowest BCUT2D eigenvalue weighted by atomic mass is 9.96. The Morgan fingerprint density at radius 1 is 1.40 bits per heavy atom. The molecule has 1 fully saturated rings. The summed E-state index contributed by atoms with van der Waals surface area (Å²) >= 11 is 1.58. The van der Waals surface area contributed by atoms with E-state index >= 15 is 0 Å². The van der Waals surface area contributed by atoms with Crippen LogP contribution in [0.4, 0.5) is 0 Å². The number of carbonyl (C=O) groups excluding carboxylic acids is 1. The van der Waals surface area contributed by atoms with Crippen LogP contribution in [0.25, 0.3) is 0 Å². The van der Waals surface area contributed by atoms with Gasteiger partial charge in [0, 0.05) is 11.9 Å². The maximum absolute atomic E-state index is 12.2. The molecule has 5 nitrogen and oxygen atoms in total. The summed E-state index contributed by atoms with van der Waals surface area (Å²) in [6.07, 6.45) is 4.23. The lowest BCUT2D eigenvalue weighted by molar-refractivity contribution is 0.0929. The number of aryl methyl sites for hydroxylation is 2. The molecule has 2 aromatic rings. The lowest BCUT2D eigenvalue weighted by Crippen LogP contribution is -2.38. The van der Waals surface area contributed by atoms with Gasteiger partial charge in [0.15, 0.2) is 0 Å². The van der Waals surface area contributed by atoms with Gasteiger partial charge in [0.05, 0.1) is 11.6 Å². The molecule has 0 radical (unpaired) electrons. The van der Waals surface area contributed by atoms with Gasteiger partial charge in [-0.15, -0.1) is 11.3 Å². The fraction of sp³-hybridized carbons (Fsp3) is 0.579. The third-order valence-electron chi connectivity index (χ3n) is 4.68. The predicted octanol–water partition coefficient (Wildman–Crippen LogP) is 3.64. The van der Waals surface area contributed by atoms with E-state index < -0.39 is 0 Å². The molecule has 1 amide bonds. The number of amides is 1. The van der Waals surface area contributed by atoms with Crippen molar-refractivity contribution in [3.05, 3.63) is 39.7 Å². The number of rotatable bonds is 7. The summed E-state index contributed by atoms with van der Waals surface area (Å²) < 4.78 is 5.66. The molecule has 0 bridgehead atoms. The fourth-order valence-corrected chi connectivity index (χ4v) is 4.09. The summed E-state index contributed by atoms with van der Waals surface area (Å²) in [5.41, 5.74) is 0.569. The monoisotopic (exact) mass is 361 g/mol. The van der Waals surface area contributed by atoms with E-state index in [9.17, 15) is 4.79 Å². The molecular weight excluding hydrogens is 334 g/mol. The smallest absolute Gasteiger partial charge is 0.270 e. The van der Waals surface area contributed by atoms with E-state index in [4.69, 9.17) is 4.42 Å². The van der Waals surface area contributed by atoms with Crippen molar-refractivity contribution in [3.63, 3.8) is 0 Å². The van der Waals surface area contributed by atoms with Crippen molar-refractivity contribution in [2.45, 2.75) is 46.1 Å². The van der Waals surface area contributed by atoms with Crippen LogP contribution in [0.15, 0.2) is 21.9 Å². The standard InChI is InChI=1S/C19H27N3O2S/c1-3-4-18-21-17(13-25-18)19(23)20-11-15-7-9-22(10-8-15)12-16-6-5-14(2)24-16/h5-6,13,15H,3-4,7-12H2,1-2H3,(H,20,23). The molecule has 1 aliphatic heterocycles. The van der Waals surface area contributed by atoms with E-state index in [1.54, 1.807) is 11.3 Å². The van der Waals surface area contributed by atoms with Crippen molar-refractivity contribution in [2.75, 3.05) is 19.6 Å². The number of hydrogen-bond donors (Lipinski definition) is 1. The first-order valence-corrected chi connectivity index (χ1v) is 10.0. The first-order valence-electron chi connectivity index (χ1n) is 9.14. The minimum Gasteiger partial charge on any atom is -0.465 e. The normalized spacial score (nSPS) is 16.2. The van der Waals surface area contributed by atoms with Crippen LogP contribution in [-0.4, -0.2) is 35.4 Å². The quantitative estimate of drug-likeness (QED) is 0.818. The fourth-order valence-electron chi connectivity index (χ4n) is 3.21. The molecule has 6 heteroatoms. The van der Waals surface area contributed by atoms with Crippen LogP contribution in [0.2, 0.25) is 0 Å². The summed E-state index contributed by atoms with van der Waals surface area (Å²) in [6, 6.07) is 4.07. The Labute approximate surface area is 153 Å². The van der Waals surface area contributed by atoms with Gasteiger partial charge >= 0.3 is 0 Å². The molecule has 0 aromatic carbocycles. The summed E-state index contributed by atoms with van der Waals surface area (Å²) in [6.45, 7) is 7.83. The number of nitrogens with zero attached hydrogens (tertiary/aromatic N) is 2. The largest absolute Gasteiger partial charge is 0.465 e. The van der Waals surface area contributed by atoms with E-state index in [0.717, 1.165) is 68.4 Å². The summed E-state index contributed by atoms with van der Waals surface area (Å²) in [5, 5.41) is 5.98. The van der Waals surface area contributed by atoms with Crippen LogP contribution in [0, 0.1) is 12.8 Å². The van der Waals surface area contributed by atoms with E-state index in [0.29, 0.717) is 11.6 Å². The minimum atomic E-state index is -0.0351. The average molecular weight is 362 g/mol. The van der Waals surface area contributed by atoms with Crippen molar-refractivity contribution in [1.29, 1.82) is 0 Å². The zero-order valence-electron chi connectivity index (χ0n) is 15.1. The zero-order valence-corrected chi connectivity index (χ0v) is 15.9. The van der Waals surface area contributed by atoms with Crippen molar-refractivity contribution >= 4 is 17.2 Å². The number of furan rings is 1. The van der Waals surface area contributed by atoms with Crippen LogP contribution >= 0.6 is 11.3 Å². The maximum atomic E-state index is 12.2. The summed E-state index contributed by atoms with van der Waals surface area (Å²) in [7, 11) is 0. The minimum absolute atomic E-state index is 0.0351. The second-order valence-corrected chi connectivity index (χ2v) is 7.76. The van der Waals surface area contributed by atoms with Crippen molar-refractivity contribution in [2.24, 2.45) is 5.92 Å². The van der Waals surface area contributed by atoms with Crippen molar-refractivity contribution in [3.8, 4) is 0 Å². The maximum Gasteiger partial charge on any atom is 0.270 e. The van der Waals surface area contributed by atoms with E-state index in [1.807, 2.05) is 18.4 Å². The van der Waals surface area contributed by atoms with Crippen LogP contribution in [0.1, 0.15) is 53.2 Å². The van der Waals surface area contributed by atoms with Crippen LogP contribution in [0.3, 0.4) is 0 Å². The van der Waals surface area contributed by atoms with Crippen LogP contribution in [0.5, 0.6) is 0 Å². The summed E-state index contributed by atoms with van der Waals surface area (Å²) in [4.78, 5) is 19.1. The zero-order chi connectivity index (χ0) is 17.6. The predicted molar refractivity (Wildman–Crippen MR) is 99.9 cm³/mol. The molecule has 1 saturated heterocycles. The van der Waals surface area contributed by atoms with Crippen molar-refractivity contribution in [1.82, 2.24) is 15.2 Å². The number of aromatic nitrogens is 1. The Bertz CT molecular complexity index is 686. The number of thiazole rings is 1. The molecule has 0 spiro atoms. The molecule has 0 atom stereocenters. The molecule has 3 heterocycles. The Kier molecular flexibility index (Phi) is 6.26. The van der Waals surface area contributed by atoms with E-state index in [1.165, 1.54) is 0 Å². The van der Waals surface area contributed by atoms with Gasteiger partial charge < -0.3 is 9.73 Å². The van der Waals surface area contributed by atoms with Gasteiger partial charge in [-0.05, 0) is 63.7 Å². The molecule has 0 unspecified atom stereocenters. The lowest BCUT2D eigenvalue weighted by Gasteiger charge is -2.31. The molecule has 0 aliphatic carbocycles. The Hall–Kier alpha value is -1.66. The van der Waals surface area contributed by atoms with Gasteiger partial charge in [0.25, 0.3) is 5.91 Å². The third-order valence-corrected chi connectivity index (χ3v) is 5.59. The highest BCUT2D eigenvalue weighted by Gasteiger charge is 2.21. The van der Waals surface area contributed by atoms with Gasteiger partial charge in [0.1, 0.15) is 17.2 Å². The highest BCUT2D eigenvalue weighted by molar-refractivity contribution is 7.09. The Morgan fingerprint density at radius 2 is 2.20 bits per heavy atom. The van der Waals surface area contributed by atoms with Gasteiger partial charge in [0.2, 0.25) is 0 Å². The molecule has 25 heavy (non-hydrogen) atoms. The highest BCUT2D eigenvalue weighted by atomic mass is 32.1. The SMILES string of the molecule is CCCc1nc(C(=O)NCC2CCN(Cc3ccc(C)o3)CC2)cs1.